The number of rotatable bonds is 12. The van der Waals surface area contributed by atoms with Gasteiger partial charge in [0, 0.05) is 29.5 Å². The second-order valence-corrected chi connectivity index (χ2v) is 13.4. The third-order valence-electron chi connectivity index (χ3n) is 8.01. The van der Waals surface area contributed by atoms with E-state index in [0.717, 1.165) is 18.4 Å². The summed E-state index contributed by atoms with van der Waals surface area (Å²) in [6, 6.07) is 3.65. The fourth-order valence-corrected chi connectivity index (χ4v) is 5.72. The second kappa shape index (κ2) is 14.1. The normalized spacial score (nSPS) is 22.2. The lowest BCUT2D eigenvalue weighted by Crippen LogP contribution is -2.59. The summed E-state index contributed by atoms with van der Waals surface area (Å²) in [5, 5.41) is 12.7. The summed E-state index contributed by atoms with van der Waals surface area (Å²) >= 11 is 6.18. The number of carbonyl (C=O) groups excluding carboxylic acids is 5. The average Bonchev–Trinajstić information content (AvgIpc) is 3.58. The van der Waals surface area contributed by atoms with Crippen LogP contribution in [0.5, 0.6) is 0 Å². The number of carbonyl (C=O) groups is 5. The monoisotopic (exact) mass is 649 g/mol. The maximum Gasteiger partial charge on any atom is 0.407 e. The van der Waals surface area contributed by atoms with E-state index in [4.69, 9.17) is 21.2 Å². The lowest BCUT2D eigenvalue weighted by atomic mass is 9.85. The number of hydrogen-bond acceptors (Lipinski definition) is 8. The number of amides is 4. The quantitative estimate of drug-likeness (QED) is 0.294. The first-order valence-corrected chi connectivity index (χ1v) is 15.6. The Kier molecular flexibility index (Phi) is 10.7. The minimum atomic E-state index is -1.16. The van der Waals surface area contributed by atoms with Crippen molar-refractivity contribution in [3.05, 3.63) is 34.9 Å². The molecule has 4 rings (SSSR count). The standard InChI is InChI=1S/C31H41ClFN5O7/c1-5-7-21(24(39)27(41)34-20-10-11-20)35-26(40)23-16-31(15-22(37-45-31)18-8-6-9-19(32)14-18)17-38(23)28(42)25(30(2,3)4)36-29(43)44-13-12-33/h6,8-9,14,20-21,23,25H,5,7,10-13,15-17H2,1-4H3,(H,34,41)(H,35,40)(H,36,43)/t21-,23-,25+,31+/m0/s1. The molecule has 14 heteroatoms. The van der Waals surface area contributed by atoms with Gasteiger partial charge in [-0.15, -0.1) is 0 Å². The zero-order chi connectivity index (χ0) is 32.9. The Balaban J connectivity index is 1.60. The molecule has 0 unspecified atom stereocenters. The predicted molar refractivity (Wildman–Crippen MR) is 163 cm³/mol. The number of oxime groups is 1. The smallest absolute Gasteiger partial charge is 0.407 e. The Morgan fingerprint density at radius 1 is 1.20 bits per heavy atom. The van der Waals surface area contributed by atoms with Gasteiger partial charge in [0.2, 0.25) is 17.6 Å². The molecule has 1 aliphatic carbocycles. The van der Waals surface area contributed by atoms with Crippen LogP contribution >= 0.6 is 11.6 Å². The van der Waals surface area contributed by atoms with E-state index in [1.54, 1.807) is 39.0 Å². The molecule has 246 valence electrons. The first kappa shape index (κ1) is 34.1. The molecule has 0 radical (unpaired) electrons. The van der Waals surface area contributed by atoms with Crippen LogP contribution < -0.4 is 16.0 Å². The molecule has 1 saturated carbocycles. The molecular formula is C31H41ClFN5O7. The molecule has 1 spiro atoms. The van der Waals surface area contributed by atoms with E-state index < -0.39 is 72.0 Å². The number of nitrogens with one attached hydrogen (secondary N) is 3. The van der Waals surface area contributed by atoms with Crippen molar-refractivity contribution in [2.45, 2.75) is 96.0 Å². The number of halogens is 2. The Hall–Kier alpha value is -3.74. The number of Topliss-reactive ketones (excluding diaryl/α,β-unsaturated/α-hetero) is 1. The average molecular weight is 650 g/mol. The number of ether oxygens (including phenoxy) is 1. The zero-order valence-electron chi connectivity index (χ0n) is 26.0. The molecule has 3 aliphatic rings. The predicted octanol–water partition coefficient (Wildman–Crippen LogP) is 3.05. The third-order valence-corrected chi connectivity index (χ3v) is 8.25. The third kappa shape index (κ3) is 8.50. The highest BCUT2D eigenvalue weighted by molar-refractivity contribution is 6.38. The summed E-state index contributed by atoms with van der Waals surface area (Å²) in [5.74, 6) is -2.74. The fraction of sp³-hybridized carbons (Fsp3) is 0.613. The zero-order valence-corrected chi connectivity index (χ0v) is 26.7. The molecule has 2 heterocycles. The maximum atomic E-state index is 14.2. The van der Waals surface area contributed by atoms with Gasteiger partial charge in [0.25, 0.3) is 5.91 Å². The molecule has 45 heavy (non-hydrogen) atoms. The molecule has 1 aromatic carbocycles. The number of likely N-dealkylation sites (tertiary alicyclic amines) is 1. The molecule has 2 aliphatic heterocycles. The highest BCUT2D eigenvalue weighted by Crippen LogP contribution is 2.40. The van der Waals surface area contributed by atoms with Crippen molar-refractivity contribution in [3.8, 4) is 0 Å². The van der Waals surface area contributed by atoms with E-state index in [2.05, 4.69) is 21.1 Å². The van der Waals surface area contributed by atoms with E-state index in [9.17, 15) is 28.4 Å². The van der Waals surface area contributed by atoms with E-state index in [1.165, 1.54) is 4.90 Å². The van der Waals surface area contributed by atoms with Crippen molar-refractivity contribution >= 4 is 46.9 Å². The molecule has 1 saturated heterocycles. The molecule has 0 aromatic heterocycles. The van der Waals surface area contributed by atoms with Gasteiger partial charge in [-0.1, -0.05) is 63.0 Å². The molecule has 4 amide bonds. The van der Waals surface area contributed by atoms with Crippen LogP contribution in [0.3, 0.4) is 0 Å². The number of benzene rings is 1. The van der Waals surface area contributed by atoms with Crippen LogP contribution in [-0.4, -0.2) is 89.8 Å². The van der Waals surface area contributed by atoms with Crippen molar-refractivity contribution in [1.82, 2.24) is 20.9 Å². The summed E-state index contributed by atoms with van der Waals surface area (Å²) in [4.78, 5) is 73.4. The van der Waals surface area contributed by atoms with Crippen LogP contribution in [0.15, 0.2) is 29.4 Å². The Morgan fingerprint density at radius 2 is 1.93 bits per heavy atom. The van der Waals surface area contributed by atoms with E-state index in [-0.39, 0.29) is 31.8 Å². The van der Waals surface area contributed by atoms with Gasteiger partial charge in [0.15, 0.2) is 5.60 Å². The highest BCUT2D eigenvalue weighted by Gasteiger charge is 2.55. The van der Waals surface area contributed by atoms with Crippen molar-refractivity contribution in [3.63, 3.8) is 0 Å². The van der Waals surface area contributed by atoms with Gasteiger partial charge >= 0.3 is 6.09 Å². The van der Waals surface area contributed by atoms with Gasteiger partial charge in [0.1, 0.15) is 25.4 Å². The first-order chi connectivity index (χ1) is 21.3. The Morgan fingerprint density at radius 3 is 2.56 bits per heavy atom. The fourth-order valence-electron chi connectivity index (χ4n) is 5.53. The number of hydrogen-bond donors (Lipinski definition) is 3. The number of nitrogens with zero attached hydrogens (tertiary/aromatic N) is 2. The lowest BCUT2D eigenvalue weighted by Gasteiger charge is -2.35. The maximum absolute atomic E-state index is 14.2. The van der Waals surface area contributed by atoms with Gasteiger partial charge in [-0.2, -0.15) is 0 Å². The summed E-state index contributed by atoms with van der Waals surface area (Å²) in [7, 11) is 0. The Labute approximate surface area is 266 Å². The van der Waals surface area contributed by atoms with Gasteiger partial charge in [-0.3, -0.25) is 19.2 Å². The van der Waals surface area contributed by atoms with Crippen LogP contribution in [0.2, 0.25) is 5.02 Å². The minimum Gasteiger partial charge on any atom is -0.447 e. The van der Waals surface area contributed by atoms with Gasteiger partial charge in [0.05, 0.1) is 18.3 Å². The van der Waals surface area contributed by atoms with Crippen molar-refractivity contribution in [1.29, 1.82) is 0 Å². The Bertz CT molecular complexity index is 1350. The van der Waals surface area contributed by atoms with Crippen LogP contribution in [-0.2, 0) is 28.8 Å². The van der Waals surface area contributed by atoms with Crippen LogP contribution in [0.1, 0.15) is 71.8 Å². The number of alkyl carbamates (subject to hydrolysis) is 1. The summed E-state index contributed by atoms with van der Waals surface area (Å²) in [5.41, 5.74) is -0.615. The van der Waals surface area contributed by atoms with Crippen LogP contribution in [0, 0.1) is 5.41 Å². The molecular weight excluding hydrogens is 609 g/mol. The second-order valence-electron chi connectivity index (χ2n) is 12.9. The summed E-state index contributed by atoms with van der Waals surface area (Å²) in [6.45, 7) is 5.59. The SMILES string of the molecule is CCC[C@H](NC(=O)[C@@H]1C[C@]2(CC(c3cccc(Cl)c3)=NO2)CN1C(=O)[C@@H](NC(=O)OCCF)C(C)(C)C)C(=O)C(=O)NC1CC1. The van der Waals surface area contributed by atoms with Gasteiger partial charge in [-0.05, 0) is 36.8 Å². The molecule has 0 bridgehead atoms. The minimum absolute atomic E-state index is 0.0304. The number of ketones is 1. The van der Waals surface area contributed by atoms with E-state index in [0.29, 0.717) is 17.2 Å². The lowest BCUT2D eigenvalue weighted by molar-refractivity contribution is -0.144. The van der Waals surface area contributed by atoms with Crippen LogP contribution in [0.4, 0.5) is 9.18 Å². The van der Waals surface area contributed by atoms with Crippen molar-refractivity contribution in [2.24, 2.45) is 10.6 Å². The van der Waals surface area contributed by atoms with E-state index in [1.807, 2.05) is 13.0 Å². The first-order valence-electron chi connectivity index (χ1n) is 15.2. The molecule has 3 N–H and O–H groups in total. The highest BCUT2D eigenvalue weighted by atomic mass is 35.5. The van der Waals surface area contributed by atoms with Crippen LogP contribution in [0.25, 0.3) is 0 Å². The summed E-state index contributed by atoms with van der Waals surface area (Å²) < 4.78 is 17.5. The molecule has 12 nitrogen and oxygen atoms in total. The summed E-state index contributed by atoms with van der Waals surface area (Å²) in [6.07, 6.45) is 1.65. The van der Waals surface area contributed by atoms with Crippen molar-refractivity contribution in [2.75, 3.05) is 19.8 Å². The van der Waals surface area contributed by atoms with Gasteiger partial charge in [-0.25, -0.2) is 9.18 Å². The molecule has 2 fully saturated rings. The topological polar surface area (TPSA) is 156 Å². The number of alkyl halides is 1. The van der Waals surface area contributed by atoms with Crippen molar-refractivity contribution < 1.29 is 37.9 Å². The largest absolute Gasteiger partial charge is 0.447 e. The molecule has 1 aromatic rings. The van der Waals surface area contributed by atoms with E-state index >= 15 is 0 Å². The van der Waals surface area contributed by atoms with Gasteiger partial charge < -0.3 is 30.4 Å². The molecule has 4 atom stereocenters.